The minimum atomic E-state index is -0.398. The fourth-order valence-corrected chi connectivity index (χ4v) is 4.50. The molecule has 2 fully saturated rings. The summed E-state index contributed by atoms with van der Waals surface area (Å²) in [5.41, 5.74) is 0.644. The van der Waals surface area contributed by atoms with Crippen LogP contribution in [0.15, 0.2) is 30.5 Å². The standard InChI is InChI=1S/C18H20ClN3OS/c19-14-3-1-13(2-4-14)18(7-8-18)16(23)22-17-21-11-15(24-17)12-5-9-20-10-6-12/h1-4,11-12,20H,5-10H2,(H,21,22,23). The SMILES string of the molecule is O=C(Nc1ncc(C2CCNCC2)s1)C1(c2ccc(Cl)cc2)CC1. The Labute approximate surface area is 150 Å². The second kappa shape index (κ2) is 6.47. The fourth-order valence-electron chi connectivity index (χ4n) is 3.40. The number of nitrogens with one attached hydrogen (secondary N) is 2. The molecule has 1 amide bonds. The Morgan fingerprint density at radius 2 is 1.96 bits per heavy atom. The molecular weight excluding hydrogens is 342 g/mol. The molecule has 0 spiro atoms. The summed E-state index contributed by atoms with van der Waals surface area (Å²) in [7, 11) is 0. The molecule has 6 heteroatoms. The normalized spacial score (nSPS) is 19.9. The molecule has 0 bridgehead atoms. The van der Waals surface area contributed by atoms with Gasteiger partial charge in [0.05, 0.1) is 5.41 Å². The summed E-state index contributed by atoms with van der Waals surface area (Å²) in [4.78, 5) is 18.5. The van der Waals surface area contributed by atoms with Crippen molar-refractivity contribution in [1.29, 1.82) is 0 Å². The van der Waals surface area contributed by atoms with E-state index in [0.717, 1.165) is 44.3 Å². The van der Waals surface area contributed by atoms with Crippen LogP contribution in [0.25, 0.3) is 0 Å². The first-order chi connectivity index (χ1) is 11.7. The molecule has 1 aromatic carbocycles. The first kappa shape index (κ1) is 16.1. The van der Waals surface area contributed by atoms with E-state index in [-0.39, 0.29) is 5.91 Å². The molecule has 0 radical (unpaired) electrons. The van der Waals surface area contributed by atoms with Gasteiger partial charge in [-0.15, -0.1) is 11.3 Å². The van der Waals surface area contributed by atoms with Crippen molar-refractivity contribution in [3.05, 3.63) is 45.9 Å². The van der Waals surface area contributed by atoms with E-state index < -0.39 is 5.41 Å². The number of benzene rings is 1. The number of carbonyl (C=O) groups is 1. The lowest BCUT2D eigenvalue weighted by molar-refractivity contribution is -0.118. The highest BCUT2D eigenvalue weighted by atomic mass is 35.5. The smallest absolute Gasteiger partial charge is 0.236 e. The van der Waals surface area contributed by atoms with E-state index in [4.69, 9.17) is 11.6 Å². The highest BCUT2D eigenvalue weighted by Crippen LogP contribution is 2.49. The van der Waals surface area contributed by atoms with Crippen molar-refractivity contribution in [2.45, 2.75) is 37.0 Å². The zero-order valence-corrected chi connectivity index (χ0v) is 14.9. The van der Waals surface area contributed by atoms with Crippen molar-refractivity contribution in [3.8, 4) is 0 Å². The van der Waals surface area contributed by atoms with Gasteiger partial charge in [-0.2, -0.15) is 0 Å². The number of hydrogen-bond acceptors (Lipinski definition) is 4. The Morgan fingerprint density at radius 3 is 2.62 bits per heavy atom. The Morgan fingerprint density at radius 1 is 1.25 bits per heavy atom. The van der Waals surface area contributed by atoms with Gasteiger partial charge in [-0.1, -0.05) is 23.7 Å². The molecule has 2 N–H and O–H groups in total. The van der Waals surface area contributed by atoms with Crippen LogP contribution in [0.2, 0.25) is 5.02 Å². The van der Waals surface area contributed by atoms with Crippen LogP contribution in [0.1, 0.15) is 42.0 Å². The zero-order chi connectivity index (χ0) is 16.6. The van der Waals surface area contributed by atoms with Gasteiger partial charge < -0.3 is 10.6 Å². The van der Waals surface area contributed by atoms with E-state index in [2.05, 4.69) is 15.6 Å². The van der Waals surface area contributed by atoms with Crippen LogP contribution in [-0.2, 0) is 10.2 Å². The third-order valence-corrected chi connectivity index (χ3v) is 6.39. The maximum atomic E-state index is 12.8. The predicted octanol–water partition coefficient (Wildman–Crippen LogP) is 3.93. The molecule has 2 aliphatic rings. The highest BCUT2D eigenvalue weighted by molar-refractivity contribution is 7.15. The maximum Gasteiger partial charge on any atom is 0.236 e. The Hall–Kier alpha value is -1.43. The van der Waals surface area contributed by atoms with Gasteiger partial charge in [0, 0.05) is 16.1 Å². The number of hydrogen-bond donors (Lipinski definition) is 2. The molecule has 1 saturated heterocycles. The lowest BCUT2D eigenvalue weighted by atomic mass is 9.95. The molecule has 126 valence electrons. The molecule has 1 aromatic heterocycles. The monoisotopic (exact) mass is 361 g/mol. The van der Waals surface area contributed by atoms with Crippen LogP contribution in [0.5, 0.6) is 0 Å². The molecule has 2 heterocycles. The average molecular weight is 362 g/mol. The van der Waals surface area contributed by atoms with Gasteiger partial charge in [0.15, 0.2) is 5.13 Å². The van der Waals surface area contributed by atoms with E-state index >= 15 is 0 Å². The third-order valence-electron chi connectivity index (χ3n) is 5.07. The van der Waals surface area contributed by atoms with Crippen molar-refractivity contribution in [2.75, 3.05) is 18.4 Å². The third kappa shape index (κ3) is 3.08. The minimum Gasteiger partial charge on any atom is -0.317 e. The van der Waals surface area contributed by atoms with E-state index in [1.165, 1.54) is 4.88 Å². The summed E-state index contributed by atoms with van der Waals surface area (Å²) in [5.74, 6) is 0.622. The summed E-state index contributed by atoms with van der Waals surface area (Å²) < 4.78 is 0. The number of anilines is 1. The van der Waals surface area contributed by atoms with E-state index in [0.29, 0.717) is 16.1 Å². The molecular formula is C18H20ClN3OS. The van der Waals surface area contributed by atoms with Crippen LogP contribution < -0.4 is 10.6 Å². The predicted molar refractivity (Wildman–Crippen MR) is 98.0 cm³/mol. The van der Waals surface area contributed by atoms with E-state index in [1.807, 2.05) is 30.5 Å². The minimum absolute atomic E-state index is 0.0519. The molecule has 1 aliphatic carbocycles. The lowest BCUT2D eigenvalue weighted by Gasteiger charge is -2.20. The summed E-state index contributed by atoms with van der Waals surface area (Å²) in [6.07, 6.45) is 5.98. The molecule has 1 saturated carbocycles. The molecule has 4 rings (SSSR count). The quantitative estimate of drug-likeness (QED) is 0.867. The van der Waals surface area contributed by atoms with Gasteiger partial charge in [0.2, 0.25) is 5.91 Å². The largest absolute Gasteiger partial charge is 0.317 e. The number of rotatable bonds is 4. The fraction of sp³-hybridized carbons (Fsp3) is 0.444. The van der Waals surface area contributed by atoms with Crippen LogP contribution in [0, 0.1) is 0 Å². The van der Waals surface area contributed by atoms with Crippen molar-refractivity contribution in [3.63, 3.8) is 0 Å². The second-order valence-electron chi connectivity index (χ2n) is 6.64. The average Bonchev–Trinajstić information content (AvgIpc) is 3.30. The number of amides is 1. The number of aromatic nitrogens is 1. The van der Waals surface area contributed by atoms with Gasteiger partial charge in [0.1, 0.15) is 0 Å². The molecule has 0 atom stereocenters. The maximum absolute atomic E-state index is 12.8. The number of nitrogens with zero attached hydrogens (tertiary/aromatic N) is 1. The van der Waals surface area contributed by atoms with Gasteiger partial charge in [0.25, 0.3) is 0 Å². The van der Waals surface area contributed by atoms with E-state index in [9.17, 15) is 4.79 Å². The number of carbonyl (C=O) groups excluding carboxylic acids is 1. The van der Waals surface area contributed by atoms with Gasteiger partial charge in [-0.3, -0.25) is 4.79 Å². The van der Waals surface area contributed by atoms with Gasteiger partial charge in [-0.05, 0) is 62.4 Å². The first-order valence-electron chi connectivity index (χ1n) is 8.41. The zero-order valence-electron chi connectivity index (χ0n) is 13.3. The summed E-state index contributed by atoms with van der Waals surface area (Å²) in [5, 5.41) is 7.83. The summed E-state index contributed by atoms with van der Waals surface area (Å²) in [6, 6.07) is 7.61. The Kier molecular flexibility index (Phi) is 4.33. The highest BCUT2D eigenvalue weighted by Gasteiger charge is 2.51. The van der Waals surface area contributed by atoms with Crippen LogP contribution in [-0.4, -0.2) is 24.0 Å². The molecule has 2 aromatic rings. The second-order valence-corrected chi connectivity index (χ2v) is 8.13. The molecule has 0 unspecified atom stereocenters. The molecule has 1 aliphatic heterocycles. The first-order valence-corrected chi connectivity index (χ1v) is 9.61. The van der Waals surface area contributed by atoms with Crippen LogP contribution >= 0.6 is 22.9 Å². The van der Waals surface area contributed by atoms with Crippen molar-refractivity contribution in [1.82, 2.24) is 10.3 Å². The number of thiazole rings is 1. The summed E-state index contributed by atoms with van der Waals surface area (Å²) in [6.45, 7) is 2.12. The van der Waals surface area contributed by atoms with Gasteiger partial charge >= 0.3 is 0 Å². The summed E-state index contributed by atoms with van der Waals surface area (Å²) >= 11 is 7.57. The van der Waals surface area contributed by atoms with Gasteiger partial charge in [-0.25, -0.2) is 4.98 Å². The molecule has 4 nitrogen and oxygen atoms in total. The van der Waals surface area contributed by atoms with E-state index in [1.54, 1.807) is 11.3 Å². The lowest BCUT2D eigenvalue weighted by Crippen LogP contribution is -2.27. The van der Waals surface area contributed by atoms with Crippen LogP contribution in [0.3, 0.4) is 0 Å². The Balaban J connectivity index is 1.46. The van der Waals surface area contributed by atoms with Crippen molar-refractivity contribution >= 4 is 34.0 Å². The van der Waals surface area contributed by atoms with Crippen LogP contribution in [0.4, 0.5) is 5.13 Å². The van der Waals surface area contributed by atoms with Crippen molar-refractivity contribution < 1.29 is 4.79 Å². The topological polar surface area (TPSA) is 54.0 Å². The number of halogens is 1. The number of piperidine rings is 1. The molecule has 24 heavy (non-hydrogen) atoms. The Bertz CT molecular complexity index is 733. The van der Waals surface area contributed by atoms with Crippen molar-refractivity contribution in [2.24, 2.45) is 0 Å².